The van der Waals surface area contributed by atoms with E-state index in [2.05, 4.69) is 15.4 Å². The molecule has 0 amide bonds. The van der Waals surface area contributed by atoms with Crippen molar-refractivity contribution in [2.45, 2.75) is 51.0 Å². The van der Waals surface area contributed by atoms with E-state index in [1.807, 2.05) is 38.2 Å². The van der Waals surface area contributed by atoms with Crippen LogP contribution in [0.5, 0.6) is 0 Å². The number of pyridine rings is 1. The highest BCUT2D eigenvalue weighted by atomic mass is 32.2. The largest absolute Gasteiger partial charge is 0.316 e. The third-order valence-electron chi connectivity index (χ3n) is 5.34. The van der Waals surface area contributed by atoms with E-state index in [9.17, 15) is 8.42 Å². The lowest BCUT2D eigenvalue weighted by molar-refractivity contribution is 0.316. The lowest BCUT2D eigenvalue weighted by Crippen LogP contribution is -2.38. The number of rotatable bonds is 6. The Morgan fingerprint density at radius 2 is 2.00 bits per heavy atom. The van der Waals surface area contributed by atoms with Crippen LogP contribution in [0.3, 0.4) is 0 Å². The normalized spacial score (nSPS) is 16.1. The average Bonchev–Trinajstić information content (AvgIpc) is 3.33. The molecule has 0 spiro atoms. The summed E-state index contributed by atoms with van der Waals surface area (Å²) in [6.45, 7) is 7.32. The van der Waals surface area contributed by atoms with Gasteiger partial charge in [-0.05, 0) is 45.7 Å². The molecule has 0 saturated carbocycles. The first-order valence-corrected chi connectivity index (χ1v) is 12.3. The van der Waals surface area contributed by atoms with Crippen molar-refractivity contribution >= 4 is 32.3 Å². The summed E-state index contributed by atoms with van der Waals surface area (Å²) in [4.78, 5) is 10.5. The molecule has 1 N–H and O–H groups in total. The molecule has 1 aliphatic rings. The maximum absolute atomic E-state index is 13.1. The van der Waals surface area contributed by atoms with Crippen LogP contribution in [-0.2, 0) is 16.6 Å². The Morgan fingerprint density at radius 1 is 1.23 bits per heavy atom. The second-order valence-corrected chi connectivity index (χ2v) is 10.6. The Kier molecular flexibility index (Phi) is 5.90. The van der Waals surface area contributed by atoms with Gasteiger partial charge in [0.1, 0.15) is 10.7 Å². The standard InChI is InChI=1S/C20H26N6O2S2/c1-4-25-13-18(15(3)24-25)30(27,28)26-10-8-16(9-11-26)17-6-5-7-19(22-17)23-20-21-12-14(2)29-20/h5-7,12-13,16H,4,8-11H2,1-3H3,(H,21,22,23). The average molecular weight is 447 g/mol. The minimum Gasteiger partial charge on any atom is -0.316 e. The van der Waals surface area contributed by atoms with E-state index < -0.39 is 10.0 Å². The molecule has 4 rings (SSSR count). The topological polar surface area (TPSA) is 93.0 Å². The first kappa shape index (κ1) is 21.0. The number of hydrogen-bond donors (Lipinski definition) is 1. The lowest BCUT2D eigenvalue weighted by Gasteiger charge is -2.30. The van der Waals surface area contributed by atoms with Crippen molar-refractivity contribution in [3.05, 3.63) is 46.9 Å². The molecule has 160 valence electrons. The number of aromatic nitrogens is 4. The molecule has 10 heteroatoms. The summed E-state index contributed by atoms with van der Waals surface area (Å²) < 4.78 is 29.4. The molecule has 3 aromatic heterocycles. The highest BCUT2D eigenvalue weighted by molar-refractivity contribution is 7.89. The first-order valence-electron chi connectivity index (χ1n) is 10.1. The van der Waals surface area contributed by atoms with Gasteiger partial charge in [0.2, 0.25) is 10.0 Å². The summed E-state index contributed by atoms with van der Waals surface area (Å²) in [5.74, 6) is 0.996. The van der Waals surface area contributed by atoms with Gasteiger partial charge in [-0.25, -0.2) is 18.4 Å². The van der Waals surface area contributed by atoms with E-state index in [-0.39, 0.29) is 5.92 Å². The van der Waals surface area contributed by atoms with Crippen LogP contribution in [0.25, 0.3) is 0 Å². The molecule has 0 atom stereocenters. The number of anilines is 2. The predicted molar refractivity (Wildman–Crippen MR) is 118 cm³/mol. The van der Waals surface area contributed by atoms with Gasteiger partial charge in [0, 0.05) is 48.5 Å². The van der Waals surface area contributed by atoms with Crippen molar-refractivity contribution < 1.29 is 8.42 Å². The number of hydrogen-bond acceptors (Lipinski definition) is 7. The summed E-state index contributed by atoms with van der Waals surface area (Å²) in [5, 5.41) is 8.36. The molecule has 0 aromatic carbocycles. The minimum atomic E-state index is -3.52. The van der Waals surface area contributed by atoms with Crippen LogP contribution >= 0.6 is 11.3 Å². The molecule has 4 heterocycles. The van der Waals surface area contributed by atoms with Crippen LogP contribution in [0, 0.1) is 13.8 Å². The summed E-state index contributed by atoms with van der Waals surface area (Å²) >= 11 is 1.59. The van der Waals surface area contributed by atoms with Crippen LogP contribution in [-0.4, -0.2) is 45.6 Å². The van der Waals surface area contributed by atoms with Gasteiger partial charge in [0.05, 0.1) is 5.69 Å². The minimum absolute atomic E-state index is 0.232. The van der Waals surface area contributed by atoms with Gasteiger partial charge in [0.25, 0.3) is 0 Å². The SMILES string of the molecule is CCn1cc(S(=O)(=O)N2CCC(c3cccc(Nc4ncc(C)s4)n3)CC2)c(C)n1. The number of aryl methyl sites for hydroxylation is 3. The van der Waals surface area contributed by atoms with Crippen molar-refractivity contribution in [1.29, 1.82) is 0 Å². The van der Waals surface area contributed by atoms with Gasteiger partial charge in [-0.3, -0.25) is 4.68 Å². The fourth-order valence-corrected chi connectivity index (χ4v) is 6.03. The molecule has 30 heavy (non-hydrogen) atoms. The van der Waals surface area contributed by atoms with Gasteiger partial charge in [-0.1, -0.05) is 6.07 Å². The number of thiazole rings is 1. The quantitative estimate of drug-likeness (QED) is 0.621. The van der Waals surface area contributed by atoms with Gasteiger partial charge < -0.3 is 5.32 Å². The molecule has 1 fully saturated rings. The van der Waals surface area contributed by atoms with Crippen molar-refractivity contribution in [1.82, 2.24) is 24.1 Å². The Hall–Kier alpha value is -2.30. The zero-order chi connectivity index (χ0) is 21.3. The molecule has 0 radical (unpaired) electrons. The molecule has 0 bridgehead atoms. The summed E-state index contributed by atoms with van der Waals surface area (Å²) in [6, 6.07) is 5.92. The molecule has 1 saturated heterocycles. The van der Waals surface area contributed by atoms with Crippen molar-refractivity contribution in [2.24, 2.45) is 0 Å². The fraction of sp³-hybridized carbons (Fsp3) is 0.450. The zero-order valence-electron chi connectivity index (χ0n) is 17.4. The van der Waals surface area contributed by atoms with Gasteiger partial charge in [0.15, 0.2) is 5.13 Å². The Morgan fingerprint density at radius 3 is 2.63 bits per heavy atom. The molecule has 1 aliphatic heterocycles. The van der Waals surface area contributed by atoms with Crippen LogP contribution in [0.2, 0.25) is 0 Å². The fourth-order valence-electron chi connectivity index (χ4n) is 3.72. The third kappa shape index (κ3) is 4.26. The Balaban J connectivity index is 1.44. The molecule has 0 unspecified atom stereocenters. The van der Waals surface area contributed by atoms with Crippen LogP contribution in [0.1, 0.15) is 41.9 Å². The maximum atomic E-state index is 13.1. The third-order valence-corrected chi connectivity index (χ3v) is 8.17. The van der Waals surface area contributed by atoms with Crippen LogP contribution < -0.4 is 5.32 Å². The van der Waals surface area contributed by atoms with E-state index in [1.165, 1.54) is 0 Å². The number of nitrogens with one attached hydrogen (secondary N) is 1. The lowest BCUT2D eigenvalue weighted by atomic mass is 9.94. The van der Waals surface area contributed by atoms with Gasteiger partial charge >= 0.3 is 0 Å². The summed E-state index contributed by atoms with van der Waals surface area (Å²) in [5.41, 5.74) is 1.54. The Bertz CT molecular complexity index is 1130. The predicted octanol–water partition coefficient (Wildman–Crippen LogP) is 3.68. The van der Waals surface area contributed by atoms with Crippen molar-refractivity contribution in [3.8, 4) is 0 Å². The van der Waals surface area contributed by atoms with Crippen LogP contribution in [0.15, 0.2) is 35.5 Å². The van der Waals surface area contributed by atoms with E-state index >= 15 is 0 Å². The second-order valence-electron chi connectivity index (χ2n) is 7.46. The van der Waals surface area contributed by atoms with E-state index in [4.69, 9.17) is 4.98 Å². The summed E-state index contributed by atoms with van der Waals surface area (Å²) in [6.07, 6.45) is 4.95. The van der Waals surface area contributed by atoms with E-state index in [1.54, 1.807) is 33.4 Å². The van der Waals surface area contributed by atoms with Gasteiger partial charge in [-0.15, -0.1) is 11.3 Å². The second kappa shape index (κ2) is 8.44. The number of nitrogens with zero attached hydrogens (tertiary/aromatic N) is 5. The highest BCUT2D eigenvalue weighted by Gasteiger charge is 2.32. The van der Waals surface area contributed by atoms with E-state index in [0.29, 0.717) is 30.2 Å². The van der Waals surface area contributed by atoms with Crippen molar-refractivity contribution in [2.75, 3.05) is 18.4 Å². The molecular formula is C20H26N6O2S2. The number of piperidine rings is 1. The Labute approximate surface area is 181 Å². The monoisotopic (exact) mass is 446 g/mol. The maximum Gasteiger partial charge on any atom is 0.246 e. The highest BCUT2D eigenvalue weighted by Crippen LogP contribution is 2.31. The first-order chi connectivity index (χ1) is 14.4. The van der Waals surface area contributed by atoms with Gasteiger partial charge in [-0.2, -0.15) is 9.40 Å². The molecule has 0 aliphatic carbocycles. The van der Waals surface area contributed by atoms with E-state index in [0.717, 1.165) is 34.4 Å². The number of sulfonamides is 1. The smallest absolute Gasteiger partial charge is 0.246 e. The molecule has 3 aromatic rings. The van der Waals surface area contributed by atoms with Crippen LogP contribution in [0.4, 0.5) is 10.9 Å². The zero-order valence-corrected chi connectivity index (χ0v) is 19.0. The molecular weight excluding hydrogens is 420 g/mol. The summed E-state index contributed by atoms with van der Waals surface area (Å²) in [7, 11) is -3.52. The molecule has 8 nitrogen and oxygen atoms in total. The van der Waals surface area contributed by atoms with Crippen molar-refractivity contribution in [3.63, 3.8) is 0 Å².